The summed E-state index contributed by atoms with van der Waals surface area (Å²) in [5.74, 6) is 1.82. The number of nitrogens with one attached hydrogen (secondary N) is 1. The Morgan fingerprint density at radius 1 is 1.35 bits per heavy atom. The molecule has 0 radical (unpaired) electrons. The van der Waals surface area contributed by atoms with Crippen LogP contribution in [0.2, 0.25) is 0 Å². The minimum atomic E-state index is 0.0754. The fraction of sp³-hybridized carbons (Fsp3) is 0.438. The summed E-state index contributed by atoms with van der Waals surface area (Å²) in [5.41, 5.74) is 0.919. The van der Waals surface area contributed by atoms with Crippen molar-refractivity contribution in [2.45, 2.75) is 25.8 Å². The van der Waals surface area contributed by atoms with Crippen LogP contribution in [0.3, 0.4) is 0 Å². The van der Waals surface area contributed by atoms with Gasteiger partial charge in [-0.15, -0.1) is 0 Å². The van der Waals surface area contributed by atoms with Crippen LogP contribution in [-0.2, 0) is 11.3 Å². The maximum absolute atomic E-state index is 11.9. The van der Waals surface area contributed by atoms with E-state index in [4.69, 9.17) is 9.47 Å². The highest BCUT2D eigenvalue weighted by Crippen LogP contribution is 2.30. The molecule has 4 nitrogen and oxygen atoms in total. The van der Waals surface area contributed by atoms with Crippen molar-refractivity contribution in [1.82, 2.24) is 5.32 Å². The minimum absolute atomic E-state index is 0.0754. The maximum atomic E-state index is 11.9. The maximum Gasteiger partial charge on any atom is 0.220 e. The molecular weight excluding hydrogens is 254 g/mol. The summed E-state index contributed by atoms with van der Waals surface area (Å²) < 4.78 is 10.6. The Hall–Kier alpha value is -1.97. The summed E-state index contributed by atoms with van der Waals surface area (Å²) in [7, 11) is 3.21. The standard InChI is InChI=1S/C16H21NO3/c1-19-14-9-5-8-13(16(14)20-2)11-17-15(18)10-12-6-3-4-7-12/h3,5-6,8-9,12H,4,7,10-11H2,1-2H3,(H,17,18). The number of methoxy groups -OCH3 is 2. The number of ether oxygens (including phenoxy) is 2. The van der Waals surface area contributed by atoms with Crippen LogP contribution >= 0.6 is 0 Å². The fourth-order valence-electron chi connectivity index (χ4n) is 2.46. The number of rotatable bonds is 6. The number of carbonyl (C=O) groups is 1. The van der Waals surface area contributed by atoms with Crippen molar-refractivity contribution in [3.05, 3.63) is 35.9 Å². The third kappa shape index (κ3) is 3.53. The Kier molecular flexibility index (Phi) is 5.04. The zero-order valence-electron chi connectivity index (χ0n) is 12.0. The topological polar surface area (TPSA) is 47.6 Å². The lowest BCUT2D eigenvalue weighted by molar-refractivity contribution is -0.121. The Morgan fingerprint density at radius 3 is 2.85 bits per heavy atom. The number of hydrogen-bond acceptors (Lipinski definition) is 3. The molecule has 0 fully saturated rings. The van der Waals surface area contributed by atoms with Crippen molar-refractivity contribution >= 4 is 5.91 Å². The van der Waals surface area contributed by atoms with Crippen molar-refractivity contribution in [1.29, 1.82) is 0 Å². The zero-order valence-corrected chi connectivity index (χ0v) is 12.0. The second kappa shape index (κ2) is 6.98. The van der Waals surface area contributed by atoms with Crippen molar-refractivity contribution < 1.29 is 14.3 Å². The number of allylic oxidation sites excluding steroid dienone is 2. The SMILES string of the molecule is COc1cccc(CNC(=O)CC2C=CCC2)c1OC. The lowest BCUT2D eigenvalue weighted by Gasteiger charge is -2.14. The van der Waals surface area contributed by atoms with E-state index < -0.39 is 0 Å². The van der Waals surface area contributed by atoms with Crippen molar-refractivity contribution in [3.8, 4) is 11.5 Å². The lowest BCUT2D eigenvalue weighted by Crippen LogP contribution is -2.24. The van der Waals surface area contributed by atoms with Crippen LogP contribution in [0.5, 0.6) is 11.5 Å². The molecule has 0 aromatic heterocycles. The number of amides is 1. The van der Waals surface area contributed by atoms with Crippen LogP contribution in [0, 0.1) is 5.92 Å². The number of para-hydroxylation sites is 1. The van der Waals surface area contributed by atoms with Gasteiger partial charge >= 0.3 is 0 Å². The van der Waals surface area contributed by atoms with Crippen LogP contribution in [-0.4, -0.2) is 20.1 Å². The number of carbonyl (C=O) groups excluding carboxylic acids is 1. The van der Waals surface area contributed by atoms with Gasteiger partial charge in [0.05, 0.1) is 14.2 Å². The molecule has 1 aromatic carbocycles. The molecular formula is C16H21NO3. The van der Waals surface area contributed by atoms with E-state index in [1.807, 2.05) is 18.2 Å². The van der Waals surface area contributed by atoms with Gasteiger partial charge in [-0.2, -0.15) is 0 Å². The average molecular weight is 275 g/mol. The molecule has 4 heteroatoms. The third-order valence-electron chi connectivity index (χ3n) is 3.52. The Labute approximate surface area is 119 Å². The monoisotopic (exact) mass is 275 g/mol. The van der Waals surface area contributed by atoms with Crippen molar-refractivity contribution in [2.24, 2.45) is 5.92 Å². The van der Waals surface area contributed by atoms with E-state index in [0.717, 1.165) is 18.4 Å². The predicted octanol–water partition coefficient (Wildman–Crippen LogP) is 2.68. The summed E-state index contributed by atoms with van der Waals surface area (Å²) in [6.07, 6.45) is 7.00. The fourth-order valence-corrected chi connectivity index (χ4v) is 2.46. The lowest BCUT2D eigenvalue weighted by atomic mass is 10.0. The van der Waals surface area contributed by atoms with Gasteiger partial charge < -0.3 is 14.8 Å². The van der Waals surface area contributed by atoms with E-state index in [9.17, 15) is 4.79 Å². The Bertz CT molecular complexity index is 496. The molecule has 0 heterocycles. The van der Waals surface area contributed by atoms with E-state index >= 15 is 0 Å². The van der Waals surface area contributed by atoms with E-state index in [0.29, 0.717) is 30.4 Å². The van der Waals surface area contributed by atoms with Gasteiger partial charge in [0.2, 0.25) is 5.91 Å². The normalized spacial score (nSPS) is 17.0. The van der Waals surface area contributed by atoms with Crippen molar-refractivity contribution in [3.63, 3.8) is 0 Å². The molecule has 0 spiro atoms. The molecule has 0 saturated heterocycles. The van der Waals surface area contributed by atoms with E-state index in [1.165, 1.54) is 0 Å². The average Bonchev–Trinajstić information content (AvgIpc) is 2.97. The van der Waals surface area contributed by atoms with Gasteiger partial charge in [-0.3, -0.25) is 4.79 Å². The van der Waals surface area contributed by atoms with Gasteiger partial charge in [0.1, 0.15) is 0 Å². The molecule has 1 atom stereocenters. The third-order valence-corrected chi connectivity index (χ3v) is 3.52. The summed E-state index contributed by atoms with van der Waals surface area (Å²) in [6.45, 7) is 0.454. The first-order valence-electron chi connectivity index (χ1n) is 6.87. The minimum Gasteiger partial charge on any atom is -0.493 e. The van der Waals surface area contributed by atoms with E-state index in [1.54, 1.807) is 14.2 Å². The summed E-state index contributed by atoms with van der Waals surface area (Å²) >= 11 is 0. The highest BCUT2D eigenvalue weighted by Gasteiger charge is 2.15. The van der Waals surface area contributed by atoms with Crippen LogP contribution in [0.1, 0.15) is 24.8 Å². The number of benzene rings is 1. The smallest absolute Gasteiger partial charge is 0.220 e. The molecule has 1 unspecified atom stereocenters. The van der Waals surface area contributed by atoms with E-state index in [2.05, 4.69) is 17.5 Å². The molecule has 108 valence electrons. The highest BCUT2D eigenvalue weighted by atomic mass is 16.5. The van der Waals surface area contributed by atoms with Crippen LogP contribution in [0.15, 0.2) is 30.4 Å². The van der Waals surface area contributed by atoms with Crippen molar-refractivity contribution in [2.75, 3.05) is 14.2 Å². The molecule has 1 aliphatic rings. The van der Waals surface area contributed by atoms with Crippen LogP contribution in [0.25, 0.3) is 0 Å². The van der Waals surface area contributed by atoms with Crippen LogP contribution < -0.4 is 14.8 Å². The summed E-state index contributed by atoms with van der Waals surface area (Å²) in [4.78, 5) is 11.9. The second-order valence-corrected chi connectivity index (χ2v) is 4.90. The molecule has 1 N–H and O–H groups in total. The molecule has 1 aromatic rings. The van der Waals surface area contributed by atoms with Gasteiger partial charge in [0.15, 0.2) is 11.5 Å². The first-order valence-corrected chi connectivity index (χ1v) is 6.87. The molecule has 0 saturated carbocycles. The summed E-state index contributed by atoms with van der Waals surface area (Å²) in [5, 5.41) is 2.94. The highest BCUT2D eigenvalue weighted by molar-refractivity contribution is 5.76. The molecule has 20 heavy (non-hydrogen) atoms. The molecule has 1 aliphatic carbocycles. The summed E-state index contributed by atoms with van der Waals surface area (Å²) in [6, 6.07) is 5.66. The molecule has 0 bridgehead atoms. The molecule has 2 rings (SSSR count). The van der Waals surface area contributed by atoms with Crippen LogP contribution in [0.4, 0.5) is 0 Å². The first-order chi connectivity index (χ1) is 9.74. The first kappa shape index (κ1) is 14.4. The number of hydrogen-bond donors (Lipinski definition) is 1. The van der Waals surface area contributed by atoms with Gasteiger partial charge in [-0.25, -0.2) is 0 Å². The molecule has 1 amide bonds. The zero-order chi connectivity index (χ0) is 14.4. The van der Waals surface area contributed by atoms with E-state index in [-0.39, 0.29) is 5.91 Å². The Morgan fingerprint density at radius 2 is 2.20 bits per heavy atom. The predicted molar refractivity (Wildman–Crippen MR) is 77.9 cm³/mol. The van der Waals surface area contributed by atoms with Gasteiger partial charge in [-0.1, -0.05) is 24.3 Å². The van der Waals surface area contributed by atoms with Gasteiger partial charge in [0.25, 0.3) is 0 Å². The quantitative estimate of drug-likeness (QED) is 0.812. The largest absolute Gasteiger partial charge is 0.493 e. The second-order valence-electron chi connectivity index (χ2n) is 4.90. The van der Waals surface area contributed by atoms with Gasteiger partial charge in [0, 0.05) is 18.5 Å². The van der Waals surface area contributed by atoms with Gasteiger partial charge in [-0.05, 0) is 24.8 Å². The molecule has 0 aliphatic heterocycles. The Balaban J connectivity index is 1.93.